The van der Waals surface area contributed by atoms with Crippen molar-refractivity contribution in [1.29, 1.82) is 0 Å². The summed E-state index contributed by atoms with van der Waals surface area (Å²) in [4.78, 5) is 5.44. The van der Waals surface area contributed by atoms with E-state index in [0.717, 1.165) is 10.4 Å². The summed E-state index contributed by atoms with van der Waals surface area (Å²) in [6.45, 7) is 0. The Hall–Kier alpha value is -1.56. The van der Waals surface area contributed by atoms with E-state index >= 15 is 0 Å². The first-order valence-electron chi connectivity index (χ1n) is 5.36. The first-order chi connectivity index (χ1) is 9.15. The van der Waals surface area contributed by atoms with Gasteiger partial charge in [0.25, 0.3) is 0 Å². The van der Waals surface area contributed by atoms with Crippen molar-refractivity contribution >= 4 is 40.2 Å². The Morgan fingerprint density at radius 1 is 1.21 bits per heavy atom. The number of nitrogens with two attached hydrogens (primary N) is 1. The molecule has 7 heteroatoms. The van der Waals surface area contributed by atoms with Gasteiger partial charge in [-0.2, -0.15) is 5.10 Å². The summed E-state index contributed by atoms with van der Waals surface area (Å²) in [5.74, 6) is 1.25. The summed E-state index contributed by atoms with van der Waals surface area (Å²) in [5, 5.41) is 9.83. The number of hydrogen-bond donors (Lipinski definition) is 2. The number of nitrogens with zero attached hydrogens (tertiary/aromatic N) is 2. The van der Waals surface area contributed by atoms with Crippen LogP contribution in [0.25, 0.3) is 22.1 Å². The summed E-state index contributed by atoms with van der Waals surface area (Å²) in [6.07, 6.45) is 0. The highest BCUT2D eigenvalue weighted by atomic mass is 35.5. The lowest BCUT2D eigenvalue weighted by Crippen LogP contribution is -1.90. The molecule has 3 aromatic rings. The zero-order valence-electron chi connectivity index (χ0n) is 9.52. The van der Waals surface area contributed by atoms with Crippen molar-refractivity contribution in [2.45, 2.75) is 0 Å². The molecule has 0 unspecified atom stereocenters. The minimum atomic E-state index is 0.362. The fourth-order valence-electron chi connectivity index (χ4n) is 1.63. The molecule has 0 saturated carbocycles. The maximum Gasteiger partial charge on any atom is 0.181 e. The smallest absolute Gasteiger partial charge is 0.181 e. The van der Waals surface area contributed by atoms with Crippen LogP contribution in [0, 0.1) is 0 Å². The number of halogens is 2. The van der Waals surface area contributed by atoms with Gasteiger partial charge in [0.15, 0.2) is 11.6 Å². The third-order valence-corrected chi connectivity index (χ3v) is 4.08. The molecular formula is C12H8Cl2N4S. The van der Waals surface area contributed by atoms with E-state index in [1.807, 2.05) is 17.5 Å². The molecule has 0 aliphatic heterocycles. The molecule has 0 aliphatic carbocycles. The highest BCUT2D eigenvalue weighted by molar-refractivity contribution is 7.13. The van der Waals surface area contributed by atoms with Crippen LogP contribution in [-0.4, -0.2) is 15.2 Å². The summed E-state index contributed by atoms with van der Waals surface area (Å²) in [6, 6.07) is 7.32. The Morgan fingerprint density at radius 3 is 2.58 bits per heavy atom. The predicted octanol–water partition coefficient (Wildman–Crippen LogP) is 4.09. The van der Waals surface area contributed by atoms with Crippen LogP contribution >= 0.6 is 34.5 Å². The predicted molar refractivity (Wildman–Crippen MR) is 79.6 cm³/mol. The van der Waals surface area contributed by atoms with E-state index in [2.05, 4.69) is 15.2 Å². The molecule has 2 heterocycles. The fraction of sp³-hybridized carbons (Fsp3) is 0. The highest BCUT2D eigenvalue weighted by Crippen LogP contribution is 2.33. The molecule has 3 N–H and O–H groups in total. The Kier molecular flexibility index (Phi) is 3.18. The maximum atomic E-state index is 6.00. The Balaban J connectivity index is 2.04. The topological polar surface area (TPSA) is 67.6 Å². The molecule has 2 aromatic heterocycles. The first kappa shape index (κ1) is 12.5. The molecule has 3 rings (SSSR count). The quantitative estimate of drug-likeness (QED) is 0.700. The van der Waals surface area contributed by atoms with Crippen LogP contribution in [0.4, 0.5) is 5.69 Å². The van der Waals surface area contributed by atoms with Crippen LogP contribution in [0.1, 0.15) is 0 Å². The molecule has 0 bridgehead atoms. The summed E-state index contributed by atoms with van der Waals surface area (Å²) in [5.41, 5.74) is 6.79. The van der Waals surface area contributed by atoms with Gasteiger partial charge < -0.3 is 5.73 Å². The molecule has 0 amide bonds. The van der Waals surface area contributed by atoms with Crippen LogP contribution in [0.15, 0.2) is 29.6 Å². The zero-order valence-corrected chi connectivity index (χ0v) is 11.9. The number of rotatable bonds is 2. The fourth-order valence-corrected chi connectivity index (χ4v) is 2.78. The third kappa shape index (κ3) is 2.32. The third-order valence-electron chi connectivity index (χ3n) is 2.58. The van der Waals surface area contributed by atoms with E-state index in [9.17, 15) is 0 Å². The summed E-state index contributed by atoms with van der Waals surface area (Å²) in [7, 11) is 0. The van der Waals surface area contributed by atoms with Crippen LogP contribution in [-0.2, 0) is 0 Å². The van der Waals surface area contributed by atoms with Gasteiger partial charge in [-0.1, -0.05) is 29.3 Å². The molecule has 0 saturated heterocycles. The van der Waals surface area contributed by atoms with Gasteiger partial charge in [-0.05, 0) is 23.6 Å². The van der Waals surface area contributed by atoms with Crippen molar-refractivity contribution < 1.29 is 0 Å². The molecule has 4 nitrogen and oxygen atoms in total. The molecule has 0 radical (unpaired) electrons. The second kappa shape index (κ2) is 4.85. The van der Waals surface area contributed by atoms with E-state index in [1.165, 1.54) is 0 Å². The number of aromatic amines is 1. The number of hydrogen-bond acceptors (Lipinski definition) is 4. The maximum absolute atomic E-state index is 6.00. The van der Waals surface area contributed by atoms with Crippen molar-refractivity contribution in [2.75, 3.05) is 5.73 Å². The van der Waals surface area contributed by atoms with Crippen LogP contribution in [0.3, 0.4) is 0 Å². The lowest BCUT2D eigenvalue weighted by atomic mass is 10.2. The van der Waals surface area contributed by atoms with Crippen LogP contribution in [0.5, 0.6) is 0 Å². The number of H-pyrrole nitrogens is 1. The molecule has 0 spiro atoms. The molecule has 96 valence electrons. The standard InChI is InChI=1S/C12H8Cl2N4S/c13-7-4-6(5-8(14)10(7)15)11-16-12(18-17-11)9-2-1-3-19-9/h1-5H,15H2,(H,16,17,18). The molecule has 19 heavy (non-hydrogen) atoms. The molecule has 0 atom stereocenters. The minimum absolute atomic E-state index is 0.362. The van der Waals surface area contributed by atoms with Crippen molar-refractivity contribution in [1.82, 2.24) is 15.2 Å². The van der Waals surface area contributed by atoms with Gasteiger partial charge in [0.2, 0.25) is 0 Å². The average Bonchev–Trinajstić information content (AvgIpc) is 3.05. The van der Waals surface area contributed by atoms with E-state index in [-0.39, 0.29) is 0 Å². The largest absolute Gasteiger partial charge is 0.396 e. The summed E-state index contributed by atoms with van der Waals surface area (Å²) >= 11 is 13.6. The molecule has 0 aliphatic rings. The lowest BCUT2D eigenvalue weighted by molar-refractivity contribution is 1.10. The Labute approximate surface area is 123 Å². The first-order valence-corrected chi connectivity index (χ1v) is 7.00. The molecule has 1 aromatic carbocycles. The van der Waals surface area contributed by atoms with E-state index < -0.39 is 0 Å². The zero-order chi connectivity index (χ0) is 13.4. The highest BCUT2D eigenvalue weighted by Gasteiger charge is 2.12. The van der Waals surface area contributed by atoms with Gasteiger partial charge in [0.05, 0.1) is 20.6 Å². The summed E-state index contributed by atoms with van der Waals surface area (Å²) < 4.78 is 0. The van der Waals surface area contributed by atoms with Crippen molar-refractivity contribution in [2.24, 2.45) is 0 Å². The van der Waals surface area contributed by atoms with Gasteiger partial charge in [-0.3, -0.25) is 5.10 Å². The minimum Gasteiger partial charge on any atom is -0.396 e. The van der Waals surface area contributed by atoms with Gasteiger partial charge >= 0.3 is 0 Å². The van der Waals surface area contributed by atoms with Crippen molar-refractivity contribution in [3.8, 4) is 22.1 Å². The number of anilines is 1. The van der Waals surface area contributed by atoms with Gasteiger partial charge in [-0.15, -0.1) is 11.3 Å². The van der Waals surface area contributed by atoms with Crippen molar-refractivity contribution in [3.05, 3.63) is 39.7 Å². The second-order valence-electron chi connectivity index (χ2n) is 3.84. The van der Waals surface area contributed by atoms with Crippen LogP contribution < -0.4 is 5.73 Å². The molecule has 0 fully saturated rings. The van der Waals surface area contributed by atoms with Gasteiger partial charge in [0, 0.05) is 5.56 Å². The van der Waals surface area contributed by atoms with E-state index in [0.29, 0.717) is 27.4 Å². The number of nitrogens with one attached hydrogen (secondary N) is 1. The number of thiophene rings is 1. The number of aromatic nitrogens is 3. The van der Waals surface area contributed by atoms with Gasteiger partial charge in [-0.25, -0.2) is 4.98 Å². The Morgan fingerprint density at radius 2 is 1.95 bits per heavy atom. The molecular weight excluding hydrogens is 303 g/mol. The number of nitrogen functional groups attached to an aromatic ring is 1. The van der Waals surface area contributed by atoms with Crippen LogP contribution in [0.2, 0.25) is 10.0 Å². The van der Waals surface area contributed by atoms with Gasteiger partial charge in [0.1, 0.15) is 0 Å². The number of benzene rings is 1. The SMILES string of the molecule is Nc1c(Cl)cc(-c2n[nH]c(-c3cccs3)n2)cc1Cl. The van der Waals surface area contributed by atoms with E-state index in [4.69, 9.17) is 28.9 Å². The second-order valence-corrected chi connectivity index (χ2v) is 5.60. The monoisotopic (exact) mass is 310 g/mol. The van der Waals surface area contributed by atoms with Crippen molar-refractivity contribution in [3.63, 3.8) is 0 Å². The van der Waals surface area contributed by atoms with E-state index in [1.54, 1.807) is 23.5 Å². The average molecular weight is 311 g/mol. The lowest BCUT2D eigenvalue weighted by Gasteiger charge is -2.03. The Bertz CT molecular complexity index is 698. The normalized spacial score (nSPS) is 10.8.